The molecule has 4 nitrogen and oxygen atoms in total. The highest BCUT2D eigenvalue weighted by Crippen LogP contribution is 2.24. The third kappa shape index (κ3) is 3.15. The van der Waals surface area contributed by atoms with Gasteiger partial charge in [0.1, 0.15) is 5.75 Å². The number of rotatable bonds is 4. The Bertz CT molecular complexity index is 365. The molecule has 0 saturated carbocycles. The van der Waals surface area contributed by atoms with Crippen molar-refractivity contribution >= 4 is 6.09 Å². The zero-order valence-electron chi connectivity index (χ0n) is 9.83. The SMILES string of the molecule is COc1c(C)cc(CCNC(=O)O)cc1C. The molecule has 0 aromatic heterocycles. The van der Waals surface area contributed by atoms with Crippen LogP contribution in [0, 0.1) is 13.8 Å². The lowest BCUT2D eigenvalue weighted by atomic mass is 10.0. The number of benzene rings is 1. The number of ether oxygens (including phenoxy) is 1. The normalized spacial score (nSPS) is 9.94. The van der Waals surface area contributed by atoms with Gasteiger partial charge in [0.05, 0.1) is 7.11 Å². The van der Waals surface area contributed by atoms with Crippen LogP contribution in [0.2, 0.25) is 0 Å². The number of carbonyl (C=O) groups is 1. The topological polar surface area (TPSA) is 58.6 Å². The maximum absolute atomic E-state index is 10.3. The van der Waals surface area contributed by atoms with Crippen LogP contribution < -0.4 is 10.1 Å². The molecule has 0 heterocycles. The molecule has 1 rings (SSSR count). The zero-order chi connectivity index (χ0) is 12.1. The van der Waals surface area contributed by atoms with Crippen molar-refractivity contribution in [3.05, 3.63) is 28.8 Å². The summed E-state index contributed by atoms with van der Waals surface area (Å²) in [5.74, 6) is 0.898. The number of methoxy groups -OCH3 is 1. The Morgan fingerprint density at radius 1 is 1.38 bits per heavy atom. The number of carboxylic acid groups (broad SMARTS) is 1. The Hall–Kier alpha value is -1.71. The second kappa shape index (κ2) is 5.39. The molecule has 0 spiro atoms. The van der Waals surface area contributed by atoms with Crippen molar-refractivity contribution in [3.63, 3.8) is 0 Å². The standard InChI is InChI=1S/C12H17NO3/c1-8-6-10(4-5-13-12(14)15)7-9(2)11(8)16-3/h6-7,13H,4-5H2,1-3H3,(H,14,15). The largest absolute Gasteiger partial charge is 0.496 e. The fraction of sp³-hybridized carbons (Fsp3) is 0.417. The molecule has 0 aliphatic rings. The summed E-state index contributed by atoms with van der Waals surface area (Å²) >= 11 is 0. The molecule has 4 heteroatoms. The van der Waals surface area contributed by atoms with Gasteiger partial charge in [-0.2, -0.15) is 0 Å². The molecular weight excluding hydrogens is 206 g/mol. The molecule has 88 valence electrons. The van der Waals surface area contributed by atoms with Crippen LogP contribution in [0.3, 0.4) is 0 Å². The van der Waals surface area contributed by atoms with Gasteiger partial charge in [0.15, 0.2) is 0 Å². The van der Waals surface area contributed by atoms with Gasteiger partial charge >= 0.3 is 6.09 Å². The summed E-state index contributed by atoms with van der Waals surface area (Å²) in [5.41, 5.74) is 3.27. The minimum absolute atomic E-state index is 0.431. The third-order valence-electron chi connectivity index (χ3n) is 2.41. The van der Waals surface area contributed by atoms with E-state index in [1.54, 1.807) is 7.11 Å². The average molecular weight is 223 g/mol. The van der Waals surface area contributed by atoms with Crippen LogP contribution in [0.4, 0.5) is 4.79 Å². The van der Waals surface area contributed by atoms with Crippen molar-refractivity contribution < 1.29 is 14.6 Å². The van der Waals surface area contributed by atoms with E-state index in [4.69, 9.17) is 9.84 Å². The van der Waals surface area contributed by atoms with Crippen LogP contribution in [0.25, 0.3) is 0 Å². The zero-order valence-corrected chi connectivity index (χ0v) is 9.83. The van der Waals surface area contributed by atoms with E-state index in [1.165, 1.54) is 0 Å². The summed E-state index contributed by atoms with van der Waals surface area (Å²) in [6, 6.07) is 4.05. The third-order valence-corrected chi connectivity index (χ3v) is 2.41. The van der Waals surface area contributed by atoms with Crippen LogP contribution in [0.1, 0.15) is 16.7 Å². The van der Waals surface area contributed by atoms with Crippen LogP contribution >= 0.6 is 0 Å². The molecule has 0 atom stereocenters. The minimum Gasteiger partial charge on any atom is -0.496 e. The molecule has 0 unspecified atom stereocenters. The van der Waals surface area contributed by atoms with Crippen LogP contribution in [0.5, 0.6) is 5.75 Å². The second-order valence-corrected chi connectivity index (χ2v) is 3.74. The minimum atomic E-state index is -0.984. The van der Waals surface area contributed by atoms with Crippen molar-refractivity contribution in [2.75, 3.05) is 13.7 Å². The molecule has 2 N–H and O–H groups in total. The Balaban J connectivity index is 2.72. The average Bonchev–Trinajstić information content (AvgIpc) is 2.16. The lowest BCUT2D eigenvalue weighted by Crippen LogP contribution is -2.23. The lowest BCUT2D eigenvalue weighted by molar-refractivity contribution is 0.194. The van der Waals surface area contributed by atoms with Crippen molar-refractivity contribution in [2.45, 2.75) is 20.3 Å². The highest BCUT2D eigenvalue weighted by atomic mass is 16.5. The van der Waals surface area contributed by atoms with Gasteiger partial charge in [0.25, 0.3) is 0 Å². The maximum Gasteiger partial charge on any atom is 0.404 e. The van der Waals surface area contributed by atoms with Crippen LogP contribution in [0.15, 0.2) is 12.1 Å². The van der Waals surface area contributed by atoms with E-state index in [-0.39, 0.29) is 0 Å². The van der Waals surface area contributed by atoms with Gasteiger partial charge in [-0.1, -0.05) is 12.1 Å². The molecule has 0 fully saturated rings. The molecule has 0 saturated heterocycles. The predicted molar refractivity (Wildman–Crippen MR) is 62.2 cm³/mol. The molecule has 1 aromatic rings. The second-order valence-electron chi connectivity index (χ2n) is 3.74. The summed E-state index contributed by atoms with van der Waals surface area (Å²) in [6.45, 7) is 4.40. The lowest BCUT2D eigenvalue weighted by Gasteiger charge is -2.11. The van der Waals surface area contributed by atoms with Crippen molar-refractivity contribution in [1.29, 1.82) is 0 Å². The Labute approximate surface area is 95.2 Å². The van der Waals surface area contributed by atoms with Gasteiger partial charge < -0.3 is 15.2 Å². The van der Waals surface area contributed by atoms with E-state index in [1.807, 2.05) is 26.0 Å². The molecule has 0 aliphatic heterocycles. The van der Waals surface area contributed by atoms with Gasteiger partial charge in [-0.05, 0) is 37.0 Å². The first-order valence-electron chi connectivity index (χ1n) is 5.15. The van der Waals surface area contributed by atoms with E-state index in [2.05, 4.69) is 5.32 Å². The van der Waals surface area contributed by atoms with E-state index < -0.39 is 6.09 Å². The van der Waals surface area contributed by atoms with Crippen LogP contribution in [-0.4, -0.2) is 24.9 Å². The first-order chi connectivity index (χ1) is 7.54. The monoisotopic (exact) mass is 223 g/mol. The van der Waals surface area contributed by atoms with Crippen molar-refractivity contribution in [3.8, 4) is 5.75 Å². The highest BCUT2D eigenvalue weighted by Gasteiger charge is 2.05. The molecule has 0 radical (unpaired) electrons. The number of hydrogen-bond donors (Lipinski definition) is 2. The van der Waals surface area contributed by atoms with Gasteiger partial charge in [-0.3, -0.25) is 0 Å². The van der Waals surface area contributed by atoms with Gasteiger partial charge in [0, 0.05) is 6.54 Å². The number of hydrogen-bond acceptors (Lipinski definition) is 2. The first kappa shape index (κ1) is 12.4. The first-order valence-corrected chi connectivity index (χ1v) is 5.15. The van der Waals surface area contributed by atoms with E-state index in [9.17, 15) is 4.79 Å². The van der Waals surface area contributed by atoms with Gasteiger partial charge in [-0.15, -0.1) is 0 Å². The fourth-order valence-electron chi connectivity index (χ4n) is 1.82. The summed E-state index contributed by atoms with van der Waals surface area (Å²) < 4.78 is 5.26. The molecular formula is C12H17NO3. The highest BCUT2D eigenvalue weighted by molar-refractivity contribution is 5.64. The maximum atomic E-state index is 10.3. The molecule has 16 heavy (non-hydrogen) atoms. The predicted octanol–water partition coefficient (Wildman–Crippen LogP) is 2.12. The van der Waals surface area contributed by atoms with Crippen molar-refractivity contribution in [2.24, 2.45) is 0 Å². The summed E-state index contributed by atoms with van der Waals surface area (Å²) in [5, 5.41) is 10.8. The number of amides is 1. The van der Waals surface area contributed by atoms with E-state index in [0.29, 0.717) is 13.0 Å². The van der Waals surface area contributed by atoms with Crippen molar-refractivity contribution in [1.82, 2.24) is 5.32 Å². The molecule has 1 amide bonds. The van der Waals surface area contributed by atoms with Gasteiger partial charge in [-0.25, -0.2) is 4.79 Å². The smallest absolute Gasteiger partial charge is 0.404 e. The van der Waals surface area contributed by atoms with E-state index >= 15 is 0 Å². The van der Waals surface area contributed by atoms with E-state index in [0.717, 1.165) is 22.4 Å². The Kier molecular flexibility index (Phi) is 4.17. The number of aryl methyl sites for hydroxylation is 2. The molecule has 0 aliphatic carbocycles. The van der Waals surface area contributed by atoms with Gasteiger partial charge in [0.2, 0.25) is 0 Å². The Morgan fingerprint density at radius 2 is 1.94 bits per heavy atom. The summed E-state index contributed by atoms with van der Waals surface area (Å²) in [6.07, 6.45) is -0.292. The fourth-order valence-corrected chi connectivity index (χ4v) is 1.82. The quantitative estimate of drug-likeness (QED) is 0.822. The summed E-state index contributed by atoms with van der Waals surface area (Å²) in [7, 11) is 1.65. The number of nitrogens with one attached hydrogen (secondary N) is 1. The Morgan fingerprint density at radius 3 is 2.38 bits per heavy atom. The molecule has 1 aromatic carbocycles. The molecule has 0 bridgehead atoms. The summed E-state index contributed by atoms with van der Waals surface area (Å²) in [4.78, 5) is 10.3. The van der Waals surface area contributed by atoms with Crippen LogP contribution in [-0.2, 0) is 6.42 Å².